The fourth-order valence-electron chi connectivity index (χ4n) is 2.22. The van der Waals surface area contributed by atoms with E-state index >= 15 is 0 Å². The highest BCUT2D eigenvalue weighted by atomic mass is 16.3. The zero-order chi connectivity index (χ0) is 14.8. The molecule has 0 saturated carbocycles. The summed E-state index contributed by atoms with van der Waals surface area (Å²) in [7, 11) is 0. The van der Waals surface area contributed by atoms with Gasteiger partial charge in [-0.25, -0.2) is 0 Å². The van der Waals surface area contributed by atoms with Crippen LogP contribution in [0.25, 0.3) is 5.65 Å². The molecule has 1 atom stereocenters. The van der Waals surface area contributed by atoms with E-state index in [-0.39, 0.29) is 23.6 Å². The molecule has 1 amide bonds. The number of aromatic nitrogens is 3. The monoisotopic (exact) mass is 284 g/mol. The van der Waals surface area contributed by atoms with Crippen LogP contribution < -0.4 is 5.32 Å². The van der Waals surface area contributed by atoms with Crippen LogP contribution in [0.3, 0.4) is 0 Å². The largest absolute Gasteiger partial charge is 0.459 e. The number of amides is 1. The molecule has 0 bridgehead atoms. The van der Waals surface area contributed by atoms with E-state index in [0.717, 1.165) is 5.65 Å². The number of furan rings is 1. The summed E-state index contributed by atoms with van der Waals surface area (Å²) < 4.78 is 7.01. The Hall–Kier alpha value is -2.63. The normalized spacial score (nSPS) is 12.7. The van der Waals surface area contributed by atoms with Crippen molar-refractivity contribution in [2.75, 3.05) is 0 Å². The molecule has 0 spiro atoms. The molecule has 108 valence electrons. The van der Waals surface area contributed by atoms with Gasteiger partial charge in [0.2, 0.25) is 0 Å². The number of pyridine rings is 1. The van der Waals surface area contributed by atoms with E-state index in [9.17, 15) is 4.79 Å². The predicted octanol–water partition coefficient (Wildman–Crippen LogP) is 2.45. The standard InChI is InChI=1S/C15H16N4O2/c1-10(2)13(16-15(20)11-6-5-9-21-11)14-18-17-12-7-3-4-8-19(12)14/h3-10,13H,1-2H3,(H,16,20)/t13-/m1/s1. The van der Waals surface area contributed by atoms with Crippen LogP contribution >= 0.6 is 0 Å². The fourth-order valence-corrected chi connectivity index (χ4v) is 2.22. The van der Waals surface area contributed by atoms with E-state index in [1.807, 2.05) is 42.6 Å². The first-order chi connectivity index (χ1) is 10.2. The summed E-state index contributed by atoms with van der Waals surface area (Å²) in [6, 6.07) is 8.76. The van der Waals surface area contributed by atoms with Gasteiger partial charge in [-0.15, -0.1) is 10.2 Å². The Morgan fingerprint density at radius 2 is 2.10 bits per heavy atom. The zero-order valence-electron chi connectivity index (χ0n) is 11.9. The minimum absolute atomic E-state index is 0.163. The minimum Gasteiger partial charge on any atom is -0.459 e. The van der Waals surface area contributed by atoms with E-state index < -0.39 is 0 Å². The molecular formula is C15H16N4O2. The Morgan fingerprint density at radius 3 is 2.81 bits per heavy atom. The smallest absolute Gasteiger partial charge is 0.287 e. The number of hydrogen-bond acceptors (Lipinski definition) is 4. The van der Waals surface area contributed by atoms with Gasteiger partial charge in [-0.05, 0) is 30.2 Å². The molecule has 0 aliphatic rings. The zero-order valence-corrected chi connectivity index (χ0v) is 11.9. The van der Waals surface area contributed by atoms with E-state index in [2.05, 4.69) is 15.5 Å². The summed E-state index contributed by atoms with van der Waals surface area (Å²) in [4.78, 5) is 12.2. The lowest BCUT2D eigenvalue weighted by Gasteiger charge is -2.20. The molecule has 3 aromatic rings. The fraction of sp³-hybridized carbons (Fsp3) is 0.267. The van der Waals surface area contributed by atoms with Gasteiger partial charge in [0, 0.05) is 6.20 Å². The molecule has 3 aromatic heterocycles. The Morgan fingerprint density at radius 1 is 1.24 bits per heavy atom. The highest BCUT2D eigenvalue weighted by Gasteiger charge is 2.24. The molecule has 6 heteroatoms. The molecular weight excluding hydrogens is 268 g/mol. The summed E-state index contributed by atoms with van der Waals surface area (Å²) in [6.07, 6.45) is 3.37. The van der Waals surface area contributed by atoms with Crippen LogP contribution in [0.2, 0.25) is 0 Å². The van der Waals surface area contributed by atoms with Crippen LogP contribution in [-0.4, -0.2) is 20.5 Å². The van der Waals surface area contributed by atoms with Gasteiger partial charge in [0.05, 0.1) is 12.3 Å². The molecule has 3 rings (SSSR count). The Labute approximate surface area is 121 Å². The third-order valence-corrected chi connectivity index (χ3v) is 3.32. The first-order valence-electron chi connectivity index (χ1n) is 6.81. The van der Waals surface area contributed by atoms with Crippen molar-refractivity contribution in [1.29, 1.82) is 0 Å². The van der Waals surface area contributed by atoms with Gasteiger partial charge in [0.25, 0.3) is 5.91 Å². The van der Waals surface area contributed by atoms with Gasteiger partial charge in [0.1, 0.15) is 0 Å². The maximum absolute atomic E-state index is 12.2. The molecule has 0 aromatic carbocycles. The lowest BCUT2D eigenvalue weighted by molar-refractivity contribution is 0.0894. The highest BCUT2D eigenvalue weighted by Crippen LogP contribution is 2.21. The third kappa shape index (κ3) is 2.52. The Kier molecular flexibility index (Phi) is 3.43. The van der Waals surface area contributed by atoms with Crippen molar-refractivity contribution in [1.82, 2.24) is 19.9 Å². The molecule has 0 radical (unpaired) electrons. The number of carbonyl (C=O) groups is 1. The molecule has 0 fully saturated rings. The van der Waals surface area contributed by atoms with Crippen LogP contribution in [0.4, 0.5) is 0 Å². The number of fused-ring (bicyclic) bond motifs is 1. The molecule has 21 heavy (non-hydrogen) atoms. The second-order valence-corrected chi connectivity index (χ2v) is 5.16. The first kappa shape index (κ1) is 13.4. The lowest BCUT2D eigenvalue weighted by atomic mass is 10.0. The summed E-state index contributed by atoms with van der Waals surface area (Å²) in [5, 5.41) is 11.3. The molecule has 6 nitrogen and oxygen atoms in total. The van der Waals surface area contributed by atoms with Crippen molar-refractivity contribution in [3.05, 3.63) is 54.4 Å². The summed E-state index contributed by atoms with van der Waals surface area (Å²) in [6.45, 7) is 4.05. The average molecular weight is 284 g/mol. The van der Waals surface area contributed by atoms with E-state index in [1.165, 1.54) is 6.26 Å². The molecule has 0 aliphatic carbocycles. The predicted molar refractivity (Wildman–Crippen MR) is 76.7 cm³/mol. The topological polar surface area (TPSA) is 72.4 Å². The molecule has 3 heterocycles. The second-order valence-electron chi connectivity index (χ2n) is 5.16. The third-order valence-electron chi connectivity index (χ3n) is 3.32. The van der Waals surface area contributed by atoms with Gasteiger partial charge in [-0.1, -0.05) is 19.9 Å². The lowest BCUT2D eigenvalue weighted by Crippen LogP contribution is -2.32. The Bertz CT molecular complexity index is 746. The second kappa shape index (κ2) is 5.40. The van der Waals surface area contributed by atoms with Crippen molar-refractivity contribution in [3.8, 4) is 0 Å². The van der Waals surface area contributed by atoms with Gasteiger partial charge in [-0.2, -0.15) is 0 Å². The summed E-state index contributed by atoms with van der Waals surface area (Å²) >= 11 is 0. The van der Waals surface area contributed by atoms with Crippen molar-refractivity contribution < 1.29 is 9.21 Å². The minimum atomic E-state index is -0.258. The molecule has 1 N–H and O–H groups in total. The van der Waals surface area contributed by atoms with Crippen molar-refractivity contribution in [2.24, 2.45) is 5.92 Å². The van der Waals surface area contributed by atoms with E-state index in [4.69, 9.17) is 4.42 Å². The maximum Gasteiger partial charge on any atom is 0.287 e. The van der Waals surface area contributed by atoms with Crippen LogP contribution in [0, 0.1) is 5.92 Å². The SMILES string of the molecule is CC(C)[C@@H](NC(=O)c1ccco1)c1nnc2ccccn12. The van der Waals surface area contributed by atoms with Crippen LogP contribution in [0.5, 0.6) is 0 Å². The van der Waals surface area contributed by atoms with Gasteiger partial charge in [-0.3, -0.25) is 9.20 Å². The number of nitrogens with zero attached hydrogens (tertiary/aromatic N) is 3. The number of hydrogen-bond donors (Lipinski definition) is 1. The maximum atomic E-state index is 12.2. The summed E-state index contributed by atoms with van der Waals surface area (Å²) in [5.41, 5.74) is 0.755. The van der Waals surface area contributed by atoms with Gasteiger partial charge < -0.3 is 9.73 Å². The van der Waals surface area contributed by atoms with E-state index in [1.54, 1.807) is 12.1 Å². The Balaban J connectivity index is 1.93. The van der Waals surface area contributed by atoms with Crippen LogP contribution in [0.1, 0.15) is 36.3 Å². The van der Waals surface area contributed by atoms with Crippen molar-refractivity contribution in [3.63, 3.8) is 0 Å². The first-order valence-corrected chi connectivity index (χ1v) is 6.81. The number of nitrogens with one attached hydrogen (secondary N) is 1. The van der Waals surface area contributed by atoms with Crippen LogP contribution in [-0.2, 0) is 0 Å². The van der Waals surface area contributed by atoms with Crippen molar-refractivity contribution in [2.45, 2.75) is 19.9 Å². The molecule has 0 aliphatic heterocycles. The van der Waals surface area contributed by atoms with E-state index in [0.29, 0.717) is 5.82 Å². The van der Waals surface area contributed by atoms with Crippen LogP contribution in [0.15, 0.2) is 47.2 Å². The molecule has 0 unspecified atom stereocenters. The number of rotatable bonds is 4. The summed E-state index contributed by atoms with van der Waals surface area (Å²) in [5.74, 6) is 0.901. The quantitative estimate of drug-likeness (QED) is 0.798. The molecule has 0 saturated heterocycles. The highest BCUT2D eigenvalue weighted by molar-refractivity contribution is 5.91. The van der Waals surface area contributed by atoms with Gasteiger partial charge >= 0.3 is 0 Å². The average Bonchev–Trinajstić information content (AvgIpc) is 3.14. The van der Waals surface area contributed by atoms with Gasteiger partial charge in [0.15, 0.2) is 17.2 Å². The van der Waals surface area contributed by atoms with Crippen molar-refractivity contribution >= 4 is 11.6 Å². The number of carbonyl (C=O) groups excluding carboxylic acids is 1.